The molecule has 0 bridgehead atoms. The third-order valence-electron chi connectivity index (χ3n) is 4.35. The molecule has 0 atom stereocenters. The maximum atomic E-state index is 12.8. The van der Waals surface area contributed by atoms with Crippen LogP contribution >= 0.6 is 11.6 Å². The fourth-order valence-electron chi connectivity index (χ4n) is 2.67. The molecule has 0 unspecified atom stereocenters. The normalized spacial score (nSPS) is 11.4. The highest BCUT2D eigenvalue weighted by Gasteiger charge is 2.25. The van der Waals surface area contributed by atoms with Crippen LogP contribution in [0.3, 0.4) is 0 Å². The Bertz CT molecular complexity index is 1080. The third kappa shape index (κ3) is 5.87. The van der Waals surface area contributed by atoms with Crippen LogP contribution in [0.2, 0.25) is 5.02 Å². The van der Waals surface area contributed by atoms with Crippen molar-refractivity contribution in [2.75, 3.05) is 18.9 Å². The van der Waals surface area contributed by atoms with Gasteiger partial charge in [0.25, 0.3) is 0 Å². The number of carboxylic acid groups (broad SMARTS) is 1. The number of carboxylic acids is 1. The summed E-state index contributed by atoms with van der Waals surface area (Å²) in [5.74, 6) is -2.97. The summed E-state index contributed by atoms with van der Waals surface area (Å²) in [4.78, 5) is 21.7. The second-order valence-electron chi connectivity index (χ2n) is 6.78. The second-order valence-corrected chi connectivity index (χ2v) is 9.20. The van der Waals surface area contributed by atoms with Crippen LogP contribution in [0.4, 0.5) is 5.69 Å². The quantitative estimate of drug-likeness (QED) is 0.502. The van der Waals surface area contributed by atoms with Crippen molar-refractivity contribution in [2.45, 2.75) is 31.6 Å². The first-order valence-electron chi connectivity index (χ1n) is 9.29. The maximum absolute atomic E-state index is 12.8. The highest BCUT2D eigenvalue weighted by atomic mass is 35.5. The lowest BCUT2D eigenvalue weighted by molar-refractivity contribution is -0.147. The molecule has 0 saturated heterocycles. The van der Waals surface area contributed by atoms with Crippen LogP contribution in [-0.4, -0.2) is 48.4 Å². The SMILES string of the molecule is CCCCN(C)S(=O)(=O)c1cc(Oc2c(C)cc(NC(=O)C(=O)O)cc2Cl)ccc1O. The number of nitrogens with one attached hydrogen (secondary N) is 1. The zero-order chi connectivity index (χ0) is 23.3. The lowest BCUT2D eigenvalue weighted by atomic mass is 10.2. The Labute approximate surface area is 185 Å². The molecule has 2 aromatic rings. The van der Waals surface area contributed by atoms with Crippen molar-refractivity contribution in [2.24, 2.45) is 0 Å². The fraction of sp³-hybridized carbons (Fsp3) is 0.300. The molecule has 0 fully saturated rings. The molecule has 1 amide bonds. The van der Waals surface area contributed by atoms with E-state index < -0.39 is 27.6 Å². The minimum Gasteiger partial charge on any atom is -0.507 e. The maximum Gasteiger partial charge on any atom is 0.394 e. The Kier molecular flexibility index (Phi) is 7.88. The number of carbonyl (C=O) groups excluding carboxylic acids is 1. The molecule has 3 N–H and O–H groups in total. The van der Waals surface area contributed by atoms with E-state index in [4.69, 9.17) is 21.4 Å². The number of phenols is 1. The van der Waals surface area contributed by atoms with E-state index in [-0.39, 0.29) is 27.1 Å². The summed E-state index contributed by atoms with van der Waals surface area (Å²) in [5.41, 5.74) is 0.625. The minimum absolute atomic E-state index is 0.0678. The van der Waals surface area contributed by atoms with Crippen molar-refractivity contribution in [1.29, 1.82) is 0 Å². The Morgan fingerprint density at radius 2 is 1.90 bits per heavy atom. The standard InChI is InChI=1S/C20H23ClN2O7S/c1-4-5-8-23(3)31(28,29)17-11-14(6-7-16(17)24)30-18-12(2)9-13(10-15(18)21)22-19(25)20(26)27/h6-7,9-11,24H,4-5,8H2,1-3H3,(H,22,25)(H,26,27). The molecule has 0 aromatic heterocycles. The number of phenolic OH excluding ortho intramolecular Hbond substituents is 1. The van der Waals surface area contributed by atoms with Crippen molar-refractivity contribution in [3.8, 4) is 17.2 Å². The van der Waals surface area contributed by atoms with Gasteiger partial charge < -0.3 is 20.3 Å². The van der Waals surface area contributed by atoms with Gasteiger partial charge in [0, 0.05) is 25.3 Å². The highest BCUT2D eigenvalue weighted by Crippen LogP contribution is 2.37. The predicted molar refractivity (Wildman–Crippen MR) is 115 cm³/mol. The van der Waals surface area contributed by atoms with E-state index in [9.17, 15) is 23.1 Å². The van der Waals surface area contributed by atoms with Gasteiger partial charge in [0.05, 0.1) is 5.02 Å². The number of halogens is 1. The largest absolute Gasteiger partial charge is 0.507 e. The Morgan fingerprint density at radius 1 is 1.23 bits per heavy atom. The predicted octanol–water partition coefficient (Wildman–Crippen LogP) is 3.59. The van der Waals surface area contributed by atoms with Crippen LogP contribution < -0.4 is 10.1 Å². The monoisotopic (exact) mass is 470 g/mol. The van der Waals surface area contributed by atoms with Crippen molar-refractivity contribution >= 4 is 39.2 Å². The molecule has 31 heavy (non-hydrogen) atoms. The molecule has 0 spiro atoms. The first kappa shape index (κ1) is 24.4. The number of hydrogen-bond donors (Lipinski definition) is 3. The molecule has 9 nitrogen and oxygen atoms in total. The molecular formula is C20H23ClN2O7S. The number of anilines is 1. The molecule has 0 saturated carbocycles. The number of unbranched alkanes of at least 4 members (excludes halogenated alkanes) is 1. The van der Waals surface area contributed by atoms with E-state index in [0.717, 1.165) is 10.7 Å². The van der Waals surface area contributed by atoms with Crippen LogP contribution in [0.5, 0.6) is 17.2 Å². The van der Waals surface area contributed by atoms with Crippen LogP contribution in [-0.2, 0) is 19.6 Å². The number of sulfonamides is 1. The first-order valence-corrected chi connectivity index (χ1v) is 11.1. The lowest BCUT2D eigenvalue weighted by Gasteiger charge is -2.18. The van der Waals surface area contributed by atoms with Gasteiger partial charge in [-0.3, -0.25) is 4.79 Å². The highest BCUT2D eigenvalue weighted by molar-refractivity contribution is 7.89. The Morgan fingerprint density at radius 3 is 2.48 bits per heavy atom. The molecule has 168 valence electrons. The topological polar surface area (TPSA) is 133 Å². The molecular weight excluding hydrogens is 448 g/mol. The van der Waals surface area contributed by atoms with Crippen LogP contribution in [0.25, 0.3) is 0 Å². The van der Waals surface area contributed by atoms with Gasteiger partial charge in [-0.2, -0.15) is 0 Å². The Hall–Kier alpha value is -2.82. The number of hydrogen-bond acceptors (Lipinski definition) is 6. The van der Waals surface area contributed by atoms with Crippen LogP contribution in [0.1, 0.15) is 25.3 Å². The molecule has 2 aromatic carbocycles. The molecule has 0 aliphatic heterocycles. The number of nitrogens with zero attached hydrogens (tertiary/aromatic N) is 1. The van der Waals surface area contributed by atoms with E-state index in [1.807, 2.05) is 6.92 Å². The van der Waals surface area contributed by atoms with Crippen molar-refractivity contribution < 1.29 is 33.0 Å². The third-order valence-corrected chi connectivity index (χ3v) is 6.51. The summed E-state index contributed by atoms with van der Waals surface area (Å²) >= 11 is 6.22. The average molecular weight is 471 g/mol. The number of aryl methyl sites for hydroxylation is 1. The second kappa shape index (κ2) is 9.99. The summed E-state index contributed by atoms with van der Waals surface area (Å²) in [6, 6.07) is 6.56. The summed E-state index contributed by atoms with van der Waals surface area (Å²) in [7, 11) is -2.50. The number of aromatic hydroxyl groups is 1. The minimum atomic E-state index is -3.94. The lowest BCUT2D eigenvalue weighted by Crippen LogP contribution is -2.28. The van der Waals surface area contributed by atoms with Crippen LogP contribution in [0.15, 0.2) is 35.2 Å². The number of ether oxygens (including phenoxy) is 1. The van der Waals surface area contributed by atoms with Gasteiger partial charge >= 0.3 is 11.9 Å². The summed E-state index contributed by atoms with van der Waals surface area (Å²) < 4.78 is 32.5. The van der Waals surface area contributed by atoms with Crippen LogP contribution in [0, 0.1) is 6.92 Å². The number of amides is 1. The summed E-state index contributed by atoms with van der Waals surface area (Å²) in [6.45, 7) is 3.86. The van der Waals surface area contributed by atoms with Gasteiger partial charge in [-0.1, -0.05) is 24.9 Å². The van der Waals surface area contributed by atoms with Crippen molar-refractivity contribution in [3.63, 3.8) is 0 Å². The van der Waals surface area contributed by atoms with E-state index in [1.54, 1.807) is 6.92 Å². The zero-order valence-corrected chi connectivity index (χ0v) is 18.7. The Balaban J connectivity index is 2.35. The first-order chi connectivity index (χ1) is 14.5. The number of rotatable bonds is 8. The van der Waals surface area contributed by atoms with Gasteiger partial charge in [-0.15, -0.1) is 0 Å². The molecule has 2 rings (SSSR count). The molecule has 11 heteroatoms. The van der Waals surface area contributed by atoms with Crippen molar-refractivity contribution in [1.82, 2.24) is 4.31 Å². The van der Waals surface area contributed by atoms with E-state index >= 15 is 0 Å². The molecule has 0 aliphatic carbocycles. The van der Waals surface area contributed by atoms with Gasteiger partial charge in [-0.25, -0.2) is 17.5 Å². The molecule has 0 heterocycles. The van der Waals surface area contributed by atoms with Gasteiger partial charge in [0.15, 0.2) is 0 Å². The summed E-state index contributed by atoms with van der Waals surface area (Å²) in [5, 5.41) is 21.1. The van der Waals surface area contributed by atoms with E-state index in [0.29, 0.717) is 18.5 Å². The van der Waals surface area contributed by atoms with Crippen molar-refractivity contribution in [3.05, 3.63) is 40.9 Å². The average Bonchev–Trinajstić information content (AvgIpc) is 2.69. The number of carbonyl (C=O) groups is 2. The van der Waals surface area contributed by atoms with E-state index in [2.05, 4.69) is 5.32 Å². The van der Waals surface area contributed by atoms with Gasteiger partial charge in [0.1, 0.15) is 22.1 Å². The van der Waals surface area contributed by atoms with Gasteiger partial charge in [-0.05, 0) is 43.2 Å². The number of benzene rings is 2. The van der Waals surface area contributed by atoms with Gasteiger partial charge in [0.2, 0.25) is 10.0 Å². The fourth-order valence-corrected chi connectivity index (χ4v) is 4.28. The zero-order valence-electron chi connectivity index (χ0n) is 17.2. The molecule has 0 aliphatic rings. The smallest absolute Gasteiger partial charge is 0.394 e. The van der Waals surface area contributed by atoms with E-state index in [1.165, 1.54) is 37.4 Å². The molecule has 0 radical (unpaired) electrons. The number of aliphatic carboxylic acids is 1. The summed E-state index contributed by atoms with van der Waals surface area (Å²) in [6.07, 6.45) is 1.49.